The van der Waals surface area contributed by atoms with Crippen molar-refractivity contribution in [3.8, 4) is 0 Å². The maximum atomic E-state index is 13.4. The number of hydrogen-bond acceptors (Lipinski definition) is 5. The van der Waals surface area contributed by atoms with Gasteiger partial charge in [0, 0.05) is 6.07 Å². The van der Waals surface area contributed by atoms with E-state index in [1.54, 1.807) is 6.92 Å². The molecular formula is C15H13FN2O6S. The predicted octanol–water partition coefficient (Wildman–Crippen LogP) is 2.85. The summed E-state index contributed by atoms with van der Waals surface area (Å²) in [6.45, 7) is 3.06. The molecular weight excluding hydrogens is 355 g/mol. The van der Waals surface area contributed by atoms with Crippen molar-refractivity contribution in [2.24, 2.45) is 0 Å². The second-order valence-electron chi connectivity index (χ2n) is 5.25. The molecule has 0 aliphatic heterocycles. The van der Waals surface area contributed by atoms with Crippen LogP contribution in [0, 0.1) is 29.8 Å². The molecule has 0 aliphatic carbocycles. The van der Waals surface area contributed by atoms with Crippen molar-refractivity contribution >= 4 is 27.4 Å². The van der Waals surface area contributed by atoms with E-state index in [0.717, 1.165) is 24.3 Å². The zero-order valence-electron chi connectivity index (χ0n) is 13.1. The lowest BCUT2D eigenvalue weighted by Gasteiger charge is -2.13. The molecule has 132 valence electrons. The largest absolute Gasteiger partial charge is 0.478 e. The zero-order chi connectivity index (χ0) is 18.9. The molecule has 2 aromatic carbocycles. The van der Waals surface area contributed by atoms with Crippen LogP contribution in [0.15, 0.2) is 35.2 Å². The molecule has 0 radical (unpaired) electrons. The molecule has 0 heterocycles. The van der Waals surface area contributed by atoms with Crippen LogP contribution in [0.25, 0.3) is 0 Å². The van der Waals surface area contributed by atoms with Gasteiger partial charge in [0.05, 0.1) is 21.1 Å². The SMILES string of the molecule is Cc1cc(C(=O)O)cc(S(=O)(=O)Nc2ccc(F)c([N+](=O)[O-])c2)c1C. The molecule has 0 unspecified atom stereocenters. The fourth-order valence-electron chi connectivity index (χ4n) is 2.16. The Morgan fingerprint density at radius 2 is 1.88 bits per heavy atom. The lowest BCUT2D eigenvalue weighted by atomic mass is 10.1. The Morgan fingerprint density at radius 3 is 2.44 bits per heavy atom. The molecule has 8 nitrogen and oxygen atoms in total. The lowest BCUT2D eigenvalue weighted by Crippen LogP contribution is -2.16. The van der Waals surface area contributed by atoms with Crippen LogP contribution in [0.5, 0.6) is 0 Å². The predicted molar refractivity (Wildman–Crippen MR) is 86.7 cm³/mol. The molecule has 2 N–H and O–H groups in total. The van der Waals surface area contributed by atoms with Gasteiger partial charge < -0.3 is 5.11 Å². The van der Waals surface area contributed by atoms with E-state index < -0.39 is 32.4 Å². The van der Waals surface area contributed by atoms with E-state index in [1.807, 2.05) is 0 Å². The summed E-state index contributed by atoms with van der Waals surface area (Å²) in [7, 11) is -4.24. The third-order valence-corrected chi connectivity index (χ3v) is 5.06. The maximum Gasteiger partial charge on any atom is 0.335 e. The van der Waals surface area contributed by atoms with Crippen LogP contribution in [0.3, 0.4) is 0 Å². The molecule has 25 heavy (non-hydrogen) atoms. The highest BCUT2D eigenvalue weighted by molar-refractivity contribution is 7.92. The molecule has 0 atom stereocenters. The molecule has 0 bridgehead atoms. The van der Waals surface area contributed by atoms with Crippen LogP contribution in [0.4, 0.5) is 15.8 Å². The van der Waals surface area contributed by atoms with Gasteiger partial charge in [0.15, 0.2) is 0 Å². The normalized spacial score (nSPS) is 11.2. The second kappa shape index (κ2) is 6.48. The number of aromatic carboxylic acids is 1. The number of nitro benzene ring substituents is 1. The second-order valence-corrected chi connectivity index (χ2v) is 6.90. The van der Waals surface area contributed by atoms with Gasteiger partial charge in [0.2, 0.25) is 5.82 Å². The smallest absolute Gasteiger partial charge is 0.335 e. The molecule has 0 saturated heterocycles. The summed E-state index contributed by atoms with van der Waals surface area (Å²) in [6.07, 6.45) is 0. The van der Waals surface area contributed by atoms with Crippen molar-refractivity contribution in [2.75, 3.05) is 4.72 Å². The number of benzene rings is 2. The van der Waals surface area contributed by atoms with Crippen LogP contribution in [0.1, 0.15) is 21.5 Å². The molecule has 2 aromatic rings. The van der Waals surface area contributed by atoms with E-state index >= 15 is 0 Å². The first-order chi connectivity index (χ1) is 11.5. The lowest BCUT2D eigenvalue weighted by molar-refractivity contribution is -0.387. The first-order valence-electron chi connectivity index (χ1n) is 6.84. The number of nitrogens with zero attached hydrogens (tertiary/aromatic N) is 1. The van der Waals surface area contributed by atoms with Gasteiger partial charge in [0.25, 0.3) is 10.0 Å². The summed E-state index contributed by atoms with van der Waals surface area (Å²) >= 11 is 0. The monoisotopic (exact) mass is 368 g/mol. The fourth-order valence-corrected chi connectivity index (χ4v) is 3.55. The average molecular weight is 368 g/mol. The van der Waals surface area contributed by atoms with Crippen LogP contribution in [-0.4, -0.2) is 24.4 Å². The Balaban J connectivity index is 2.52. The van der Waals surface area contributed by atoms with Crippen molar-refractivity contribution in [3.63, 3.8) is 0 Å². The number of rotatable bonds is 5. The number of aryl methyl sites for hydroxylation is 1. The van der Waals surface area contributed by atoms with Gasteiger partial charge in [-0.05, 0) is 49.2 Å². The van der Waals surface area contributed by atoms with Crippen LogP contribution >= 0.6 is 0 Å². The van der Waals surface area contributed by atoms with Gasteiger partial charge in [-0.2, -0.15) is 4.39 Å². The summed E-state index contributed by atoms with van der Waals surface area (Å²) < 4.78 is 40.5. The standard InChI is InChI=1S/C15H13FN2O6S/c1-8-5-10(15(19)20)6-14(9(8)2)25(23,24)17-11-3-4-12(16)13(7-11)18(21)22/h3-7,17H,1-2H3,(H,19,20). The first kappa shape index (κ1) is 18.3. The molecule has 0 aliphatic rings. The van der Waals surface area contributed by atoms with E-state index in [0.29, 0.717) is 11.1 Å². The summed E-state index contributed by atoms with van der Waals surface area (Å²) in [4.78, 5) is 20.6. The average Bonchev–Trinajstić information content (AvgIpc) is 2.50. The van der Waals surface area contributed by atoms with Crippen molar-refractivity contribution in [2.45, 2.75) is 18.7 Å². The number of nitro groups is 1. The summed E-state index contributed by atoms with van der Waals surface area (Å²) in [5.41, 5.74) is -0.536. The Hall–Kier alpha value is -3.01. The molecule has 2 rings (SSSR count). The molecule has 10 heteroatoms. The van der Waals surface area contributed by atoms with Crippen LogP contribution in [0.2, 0.25) is 0 Å². The number of sulfonamides is 1. The Labute approximate surface area is 142 Å². The van der Waals surface area contributed by atoms with Crippen LogP contribution in [-0.2, 0) is 10.0 Å². The molecule has 0 saturated carbocycles. The number of nitrogens with one attached hydrogen (secondary N) is 1. The zero-order valence-corrected chi connectivity index (χ0v) is 13.9. The van der Waals surface area contributed by atoms with Crippen molar-refractivity contribution in [1.82, 2.24) is 0 Å². The summed E-state index contributed by atoms with van der Waals surface area (Å²) in [5, 5.41) is 19.8. The summed E-state index contributed by atoms with van der Waals surface area (Å²) in [6, 6.07) is 4.87. The highest BCUT2D eigenvalue weighted by Crippen LogP contribution is 2.26. The Bertz CT molecular complexity index is 988. The number of carboxylic acid groups (broad SMARTS) is 1. The van der Waals surface area contributed by atoms with E-state index in [1.165, 1.54) is 13.0 Å². The highest BCUT2D eigenvalue weighted by Gasteiger charge is 2.22. The highest BCUT2D eigenvalue weighted by atomic mass is 32.2. The Morgan fingerprint density at radius 1 is 1.24 bits per heavy atom. The molecule has 0 spiro atoms. The first-order valence-corrected chi connectivity index (χ1v) is 8.32. The molecule has 0 amide bonds. The van der Waals surface area contributed by atoms with Crippen molar-refractivity contribution in [3.05, 3.63) is 63.0 Å². The fraction of sp³-hybridized carbons (Fsp3) is 0.133. The maximum absolute atomic E-state index is 13.4. The van der Waals surface area contributed by atoms with E-state index in [9.17, 15) is 27.7 Å². The van der Waals surface area contributed by atoms with E-state index in [-0.39, 0.29) is 16.1 Å². The van der Waals surface area contributed by atoms with E-state index in [4.69, 9.17) is 5.11 Å². The van der Waals surface area contributed by atoms with Gasteiger partial charge in [-0.3, -0.25) is 14.8 Å². The van der Waals surface area contributed by atoms with Gasteiger partial charge in [0.1, 0.15) is 0 Å². The minimum atomic E-state index is -4.24. The Kier molecular flexibility index (Phi) is 4.75. The topological polar surface area (TPSA) is 127 Å². The van der Waals surface area contributed by atoms with Gasteiger partial charge in [-0.1, -0.05) is 0 Å². The number of carbonyl (C=O) groups is 1. The third kappa shape index (κ3) is 3.74. The minimum absolute atomic E-state index is 0.214. The van der Waals surface area contributed by atoms with E-state index in [2.05, 4.69) is 4.72 Å². The molecule has 0 fully saturated rings. The van der Waals surface area contributed by atoms with Gasteiger partial charge >= 0.3 is 11.7 Å². The number of anilines is 1. The summed E-state index contributed by atoms with van der Waals surface area (Å²) in [5.74, 6) is -2.40. The van der Waals surface area contributed by atoms with Gasteiger partial charge in [-0.15, -0.1) is 0 Å². The number of halogens is 1. The molecule has 0 aromatic heterocycles. The van der Waals surface area contributed by atoms with Crippen LogP contribution < -0.4 is 4.72 Å². The number of hydrogen-bond donors (Lipinski definition) is 2. The van der Waals surface area contributed by atoms with Crippen molar-refractivity contribution in [1.29, 1.82) is 0 Å². The third-order valence-electron chi connectivity index (χ3n) is 3.55. The van der Waals surface area contributed by atoms with Crippen molar-refractivity contribution < 1.29 is 27.6 Å². The van der Waals surface area contributed by atoms with Gasteiger partial charge in [-0.25, -0.2) is 13.2 Å². The quantitative estimate of drug-likeness (QED) is 0.617. The minimum Gasteiger partial charge on any atom is -0.478 e. The number of carboxylic acids is 1.